The minimum absolute atomic E-state index is 0.0957. The molecule has 1 aliphatic heterocycles. The van der Waals surface area contributed by atoms with Gasteiger partial charge in [-0.1, -0.05) is 6.08 Å². The molecule has 1 saturated heterocycles. The Labute approximate surface area is 93.9 Å². The van der Waals surface area contributed by atoms with E-state index < -0.39 is 12.0 Å². The first-order chi connectivity index (χ1) is 7.65. The van der Waals surface area contributed by atoms with Crippen LogP contribution in [0.1, 0.15) is 6.42 Å². The molecular weight excluding hydrogens is 212 g/mol. The molecule has 6 nitrogen and oxygen atoms in total. The average molecular weight is 228 g/mol. The van der Waals surface area contributed by atoms with E-state index in [1.54, 1.807) is 6.08 Å². The van der Waals surface area contributed by atoms with E-state index in [9.17, 15) is 9.59 Å². The predicted octanol–water partition coefficient (Wildman–Crippen LogP) is 0.0575. The number of morpholine rings is 1. The zero-order valence-corrected chi connectivity index (χ0v) is 9.02. The van der Waals surface area contributed by atoms with Gasteiger partial charge in [0.25, 0.3) is 0 Å². The van der Waals surface area contributed by atoms with Crippen LogP contribution in [0.3, 0.4) is 0 Å². The highest BCUT2D eigenvalue weighted by molar-refractivity contribution is 5.76. The van der Waals surface area contributed by atoms with Gasteiger partial charge in [-0.05, 0) is 0 Å². The lowest BCUT2D eigenvalue weighted by Gasteiger charge is -2.34. The summed E-state index contributed by atoms with van der Waals surface area (Å²) in [5.74, 6) is -0.933. The van der Waals surface area contributed by atoms with Crippen LogP contribution in [0.2, 0.25) is 0 Å². The molecule has 0 aromatic heterocycles. The number of nitrogens with one attached hydrogen (secondary N) is 1. The number of carbonyl (C=O) groups is 2. The maximum absolute atomic E-state index is 11.7. The SMILES string of the molecule is C=CCNC(=O)N1CCOCC1CC(=O)O. The van der Waals surface area contributed by atoms with Crippen LogP contribution in [0, 0.1) is 0 Å². The molecule has 1 fully saturated rings. The first-order valence-corrected chi connectivity index (χ1v) is 5.10. The lowest BCUT2D eigenvalue weighted by atomic mass is 10.1. The third kappa shape index (κ3) is 3.54. The summed E-state index contributed by atoms with van der Waals surface area (Å²) in [6, 6.07) is -0.662. The lowest BCUT2D eigenvalue weighted by Crippen LogP contribution is -2.53. The molecule has 2 N–H and O–H groups in total. The second-order valence-electron chi connectivity index (χ2n) is 3.49. The van der Waals surface area contributed by atoms with Crippen molar-refractivity contribution in [3.8, 4) is 0 Å². The fourth-order valence-corrected chi connectivity index (χ4v) is 1.55. The quantitative estimate of drug-likeness (QED) is 0.667. The third-order valence-electron chi connectivity index (χ3n) is 2.30. The van der Waals surface area contributed by atoms with E-state index in [0.717, 1.165) is 0 Å². The zero-order valence-electron chi connectivity index (χ0n) is 9.02. The number of hydrogen-bond acceptors (Lipinski definition) is 3. The minimum Gasteiger partial charge on any atom is -0.481 e. The van der Waals surface area contributed by atoms with Gasteiger partial charge in [0.05, 0.1) is 25.7 Å². The van der Waals surface area contributed by atoms with Crippen molar-refractivity contribution in [2.45, 2.75) is 12.5 Å². The molecule has 0 spiro atoms. The Bertz CT molecular complexity index is 280. The van der Waals surface area contributed by atoms with Crippen molar-refractivity contribution in [2.75, 3.05) is 26.3 Å². The predicted molar refractivity (Wildman–Crippen MR) is 57.2 cm³/mol. The smallest absolute Gasteiger partial charge is 0.318 e. The molecule has 90 valence electrons. The van der Waals surface area contributed by atoms with E-state index in [1.807, 2.05) is 0 Å². The van der Waals surface area contributed by atoms with Crippen molar-refractivity contribution in [1.29, 1.82) is 0 Å². The van der Waals surface area contributed by atoms with Crippen LogP contribution in [0.25, 0.3) is 0 Å². The molecule has 0 aromatic rings. The summed E-state index contributed by atoms with van der Waals surface area (Å²) in [7, 11) is 0. The van der Waals surface area contributed by atoms with Gasteiger partial charge >= 0.3 is 12.0 Å². The molecule has 0 saturated carbocycles. The van der Waals surface area contributed by atoms with E-state index in [4.69, 9.17) is 9.84 Å². The van der Waals surface area contributed by atoms with E-state index in [0.29, 0.717) is 19.7 Å². The van der Waals surface area contributed by atoms with Gasteiger partial charge in [0.2, 0.25) is 0 Å². The van der Waals surface area contributed by atoms with E-state index in [1.165, 1.54) is 4.90 Å². The molecule has 1 unspecified atom stereocenters. The lowest BCUT2D eigenvalue weighted by molar-refractivity contribution is -0.139. The summed E-state index contributed by atoms with van der Waals surface area (Å²) in [5, 5.41) is 11.3. The molecule has 2 amide bonds. The maximum Gasteiger partial charge on any atom is 0.318 e. The van der Waals surface area contributed by atoms with Crippen LogP contribution in [0.5, 0.6) is 0 Å². The summed E-state index contributed by atoms with van der Waals surface area (Å²) in [6.07, 6.45) is 1.48. The number of carboxylic acid groups (broad SMARTS) is 1. The number of carboxylic acids is 1. The standard InChI is InChI=1S/C10H16N2O4/c1-2-3-11-10(15)12-4-5-16-7-8(12)6-9(13)14/h2,8H,1,3-7H2,(H,11,15)(H,13,14). The van der Waals surface area contributed by atoms with E-state index >= 15 is 0 Å². The van der Waals surface area contributed by atoms with Gasteiger partial charge in [-0.15, -0.1) is 6.58 Å². The molecule has 0 aliphatic carbocycles. The highest BCUT2D eigenvalue weighted by atomic mass is 16.5. The fraction of sp³-hybridized carbons (Fsp3) is 0.600. The Balaban J connectivity index is 2.54. The molecular formula is C10H16N2O4. The third-order valence-corrected chi connectivity index (χ3v) is 2.30. The van der Waals surface area contributed by atoms with Crippen LogP contribution >= 0.6 is 0 Å². The van der Waals surface area contributed by atoms with Crippen molar-refractivity contribution < 1.29 is 19.4 Å². The molecule has 1 atom stereocenters. The molecule has 0 bridgehead atoms. The van der Waals surface area contributed by atoms with Gasteiger partial charge in [-0.2, -0.15) is 0 Å². The summed E-state index contributed by atoms with van der Waals surface area (Å²) < 4.78 is 5.16. The van der Waals surface area contributed by atoms with Gasteiger partial charge in [-0.3, -0.25) is 4.79 Å². The Kier molecular flexibility index (Phi) is 4.78. The minimum atomic E-state index is -0.933. The Hall–Kier alpha value is -1.56. The fourth-order valence-electron chi connectivity index (χ4n) is 1.55. The largest absolute Gasteiger partial charge is 0.481 e. The molecule has 0 radical (unpaired) electrons. The normalized spacial score (nSPS) is 20.2. The number of rotatable bonds is 4. The summed E-state index contributed by atoms with van der Waals surface area (Å²) in [4.78, 5) is 23.8. The van der Waals surface area contributed by atoms with Gasteiger partial charge in [0, 0.05) is 13.1 Å². The first kappa shape index (κ1) is 12.5. The Morgan fingerprint density at radius 1 is 1.62 bits per heavy atom. The van der Waals surface area contributed by atoms with Gasteiger partial charge in [0.15, 0.2) is 0 Å². The van der Waals surface area contributed by atoms with Crippen molar-refractivity contribution >= 4 is 12.0 Å². The summed E-state index contributed by atoms with van der Waals surface area (Å²) in [6.45, 7) is 5.00. The van der Waals surface area contributed by atoms with Crippen LogP contribution in [-0.2, 0) is 9.53 Å². The average Bonchev–Trinajstić information content (AvgIpc) is 2.26. The number of ether oxygens (including phenoxy) is 1. The van der Waals surface area contributed by atoms with Gasteiger partial charge in [-0.25, -0.2) is 4.79 Å². The molecule has 1 heterocycles. The van der Waals surface area contributed by atoms with Crippen LogP contribution in [0.15, 0.2) is 12.7 Å². The number of carbonyl (C=O) groups excluding carboxylic acids is 1. The number of nitrogens with zero attached hydrogens (tertiary/aromatic N) is 1. The monoisotopic (exact) mass is 228 g/mol. The van der Waals surface area contributed by atoms with Crippen LogP contribution < -0.4 is 5.32 Å². The zero-order chi connectivity index (χ0) is 12.0. The number of amides is 2. The highest BCUT2D eigenvalue weighted by Gasteiger charge is 2.28. The number of aliphatic carboxylic acids is 1. The van der Waals surface area contributed by atoms with Crippen molar-refractivity contribution in [3.05, 3.63) is 12.7 Å². The van der Waals surface area contributed by atoms with Gasteiger partial charge in [0.1, 0.15) is 0 Å². The first-order valence-electron chi connectivity index (χ1n) is 5.10. The van der Waals surface area contributed by atoms with Crippen molar-refractivity contribution in [1.82, 2.24) is 10.2 Å². The Morgan fingerprint density at radius 2 is 2.38 bits per heavy atom. The summed E-state index contributed by atoms with van der Waals surface area (Å²) in [5.41, 5.74) is 0. The number of urea groups is 1. The molecule has 1 aliphatic rings. The van der Waals surface area contributed by atoms with Crippen LogP contribution in [-0.4, -0.2) is 54.4 Å². The molecule has 16 heavy (non-hydrogen) atoms. The second kappa shape index (κ2) is 6.12. The second-order valence-corrected chi connectivity index (χ2v) is 3.49. The topological polar surface area (TPSA) is 78.9 Å². The molecule has 1 rings (SSSR count). The van der Waals surface area contributed by atoms with E-state index in [-0.39, 0.29) is 19.1 Å². The summed E-state index contributed by atoms with van der Waals surface area (Å²) >= 11 is 0. The Morgan fingerprint density at radius 3 is 3.00 bits per heavy atom. The highest BCUT2D eigenvalue weighted by Crippen LogP contribution is 2.10. The van der Waals surface area contributed by atoms with Crippen molar-refractivity contribution in [2.24, 2.45) is 0 Å². The van der Waals surface area contributed by atoms with Crippen LogP contribution in [0.4, 0.5) is 4.79 Å². The molecule has 0 aromatic carbocycles. The molecule has 6 heteroatoms. The van der Waals surface area contributed by atoms with Gasteiger partial charge < -0.3 is 20.1 Å². The van der Waals surface area contributed by atoms with Crippen molar-refractivity contribution in [3.63, 3.8) is 0 Å². The maximum atomic E-state index is 11.7. The number of hydrogen-bond donors (Lipinski definition) is 2. The van der Waals surface area contributed by atoms with E-state index in [2.05, 4.69) is 11.9 Å².